The van der Waals surface area contributed by atoms with Crippen molar-refractivity contribution >= 4 is 17.7 Å². The summed E-state index contributed by atoms with van der Waals surface area (Å²) < 4.78 is 0. The molecule has 1 aliphatic carbocycles. The minimum Gasteiger partial charge on any atom is -0.390 e. The number of aliphatic hydroxyl groups is 1. The molecular formula is C18H33ClN2O2. The molecule has 1 amide bonds. The van der Waals surface area contributed by atoms with E-state index < -0.39 is 5.60 Å². The van der Waals surface area contributed by atoms with Gasteiger partial charge in [0.15, 0.2) is 0 Å². The highest BCUT2D eigenvalue weighted by Crippen LogP contribution is 2.41. The second-order valence-electron chi connectivity index (χ2n) is 8.10. The van der Waals surface area contributed by atoms with Gasteiger partial charge in [-0.3, -0.25) is 4.79 Å². The van der Waals surface area contributed by atoms with Gasteiger partial charge >= 0.3 is 0 Å². The van der Waals surface area contributed by atoms with E-state index in [2.05, 4.69) is 25.6 Å². The molecule has 0 aromatic carbocycles. The average Bonchev–Trinajstić information content (AvgIpc) is 2.91. The molecule has 1 saturated heterocycles. The van der Waals surface area contributed by atoms with Crippen LogP contribution in [0.1, 0.15) is 65.7 Å². The summed E-state index contributed by atoms with van der Waals surface area (Å²) in [5.74, 6) is 1.22. The highest BCUT2D eigenvalue weighted by Gasteiger charge is 2.43. The Kier molecular flexibility index (Phi) is 6.76. The molecule has 1 aliphatic heterocycles. The molecule has 0 spiro atoms. The van der Waals surface area contributed by atoms with E-state index in [0.717, 1.165) is 51.6 Å². The first kappa shape index (κ1) is 19.0. The van der Waals surface area contributed by atoms with E-state index in [0.29, 0.717) is 18.3 Å². The molecule has 2 N–H and O–H groups in total. The Balaban J connectivity index is 2.05. The summed E-state index contributed by atoms with van der Waals surface area (Å²) in [4.78, 5) is 17.5. The molecule has 5 atom stereocenters. The molecule has 5 heteroatoms. The summed E-state index contributed by atoms with van der Waals surface area (Å²) in [5.41, 5.74) is -0.636. The Hall–Kier alpha value is -0.320. The lowest BCUT2D eigenvalue weighted by atomic mass is 9.69. The van der Waals surface area contributed by atoms with Crippen molar-refractivity contribution in [1.82, 2.24) is 9.74 Å². The number of halogens is 1. The van der Waals surface area contributed by atoms with Crippen LogP contribution in [0, 0.1) is 17.8 Å². The van der Waals surface area contributed by atoms with Crippen molar-refractivity contribution < 1.29 is 9.90 Å². The normalized spacial score (nSPS) is 36.2. The molecule has 2 rings (SSSR count). The molecule has 2 fully saturated rings. The molecule has 1 heterocycles. The van der Waals surface area contributed by atoms with Crippen molar-refractivity contribution in [2.24, 2.45) is 17.8 Å². The van der Waals surface area contributed by atoms with E-state index >= 15 is 0 Å². The van der Waals surface area contributed by atoms with E-state index in [1.807, 2.05) is 4.90 Å². The molecule has 0 aromatic rings. The molecule has 0 aromatic heterocycles. The maximum atomic E-state index is 12.9. The summed E-state index contributed by atoms with van der Waals surface area (Å²) in [6.45, 7) is 8.17. The first-order chi connectivity index (χ1) is 10.9. The lowest BCUT2D eigenvalue weighted by Gasteiger charge is -2.43. The van der Waals surface area contributed by atoms with Crippen LogP contribution in [0.3, 0.4) is 0 Å². The van der Waals surface area contributed by atoms with Gasteiger partial charge in [-0.25, -0.2) is 4.84 Å². The van der Waals surface area contributed by atoms with Gasteiger partial charge in [0, 0.05) is 13.1 Å². The Labute approximate surface area is 146 Å². The van der Waals surface area contributed by atoms with E-state index in [1.165, 1.54) is 0 Å². The third-order valence-electron chi connectivity index (χ3n) is 5.66. The maximum Gasteiger partial charge on any atom is 0.241 e. The van der Waals surface area contributed by atoms with Gasteiger partial charge in [-0.05, 0) is 61.6 Å². The topological polar surface area (TPSA) is 52.6 Å². The minimum absolute atomic E-state index is 0.112. The van der Waals surface area contributed by atoms with Crippen LogP contribution in [0.4, 0.5) is 0 Å². The Morgan fingerprint density at radius 1 is 1.39 bits per heavy atom. The number of nitrogens with one attached hydrogen (secondary N) is 1. The van der Waals surface area contributed by atoms with Crippen molar-refractivity contribution in [1.29, 1.82) is 0 Å². The van der Waals surface area contributed by atoms with E-state index in [-0.39, 0.29) is 17.9 Å². The highest BCUT2D eigenvalue weighted by atomic mass is 35.5. The zero-order chi connectivity index (χ0) is 17.0. The number of rotatable bonds is 6. The lowest BCUT2D eigenvalue weighted by molar-refractivity contribution is -0.135. The predicted molar refractivity (Wildman–Crippen MR) is 94.1 cm³/mol. The molecule has 4 nitrogen and oxygen atoms in total. The zero-order valence-corrected chi connectivity index (χ0v) is 15.6. The number of hydrogen-bond acceptors (Lipinski definition) is 3. The number of likely N-dealkylation sites (tertiary alicyclic amines) is 1. The molecule has 134 valence electrons. The largest absolute Gasteiger partial charge is 0.390 e. The second kappa shape index (κ2) is 8.17. The van der Waals surface area contributed by atoms with Crippen molar-refractivity contribution in [2.75, 3.05) is 13.1 Å². The van der Waals surface area contributed by atoms with Crippen molar-refractivity contribution in [3.63, 3.8) is 0 Å². The number of carbonyl (C=O) groups excluding carboxylic acids is 1. The van der Waals surface area contributed by atoms with Crippen LogP contribution in [0.25, 0.3) is 0 Å². The third kappa shape index (κ3) is 4.83. The monoisotopic (exact) mass is 344 g/mol. The number of unbranched alkanes of at least 4 members (excludes halogenated alkanes) is 1. The van der Waals surface area contributed by atoms with Crippen molar-refractivity contribution in [3.05, 3.63) is 0 Å². The molecule has 4 unspecified atom stereocenters. The fraction of sp³-hybridized carbons (Fsp3) is 0.944. The van der Waals surface area contributed by atoms with Crippen molar-refractivity contribution in [3.8, 4) is 0 Å². The Bertz CT molecular complexity index is 406. The fourth-order valence-electron chi connectivity index (χ4n) is 4.54. The van der Waals surface area contributed by atoms with Crippen molar-refractivity contribution in [2.45, 2.75) is 77.4 Å². The van der Waals surface area contributed by atoms with Gasteiger partial charge < -0.3 is 10.0 Å². The first-order valence-electron chi connectivity index (χ1n) is 9.26. The Morgan fingerprint density at radius 3 is 2.70 bits per heavy atom. The minimum atomic E-state index is -0.636. The van der Waals surface area contributed by atoms with Crippen LogP contribution in [-0.2, 0) is 4.79 Å². The molecule has 23 heavy (non-hydrogen) atoms. The van der Waals surface area contributed by atoms with Gasteiger partial charge in [-0.1, -0.05) is 33.6 Å². The molecule has 2 aliphatic rings. The molecule has 1 saturated carbocycles. The second-order valence-corrected chi connectivity index (χ2v) is 8.32. The van der Waals surface area contributed by atoms with Crippen LogP contribution in [0.5, 0.6) is 0 Å². The summed E-state index contributed by atoms with van der Waals surface area (Å²) in [5, 5.41) is 11.0. The number of carbonyl (C=O) groups is 1. The highest BCUT2D eigenvalue weighted by molar-refractivity contribution is 6.15. The van der Waals surface area contributed by atoms with Crippen LogP contribution >= 0.6 is 11.8 Å². The Morgan fingerprint density at radius 2 is 2.13 bits per heavy atom. The van der Waals surface area contributed by atoms with Gasteiger partial charge in [-0.2, -0.15) is 0 Å². The SMILES string of the molecule is CCCCC1(O)CC(C)CC([C@H](NCl)C(=O)N2CCC(C)C2)C1. The van der Waals surface area contributed by atoms with Gasteiger partial charge in [0.2, 0.25) is 5.91 Å². The van der Waals surface area contributed by atoms with Gasteiger partial charge in [0.1, 0.15) is 6.04 Å². The van der Waals surface area contributed by atoms with Gasteiger partial charge in [0.25, 0.3) is 0 Å². The zero-order valence-electron chi connectivity index (χ0n) is 14.9. The third-order valence-corrected chi connectivity index (χ3v) is 5.90. The number of amides is 1. The molecule has 0 radical (unpaired) electrons. The maximum absolute atomic E-state index is 12.9. The van der Waals surface area contributed by atoms with Crippen LogP contribution in [-0.4, -0.2) is 40.6 Å². The van der Waals surface area contributed by atoms with E-state index in [4.69, 9.17) is 11.8 Å². The predicted octanol–water partition coefficient (Wildman–Crippen LogP) is 3.32. The molecular weight excluding hydrogens is 312 g/mol. The summed E-state index contributed by atoms with van der Waals surface area (Å²) in [6, 6.07) is -0.377. The van der Waals surface area contributed by atoms with Crippen LogP contribution < -0.4 is 4.84 Å². The lowest BCUT2D eigenvalue weighted by Crippen LogP contribution is -2.51. The standard InChI is InChI=1S/C18H33ClN2O2/c1-4-5-7-18(23)10-14(3)9-15(11-18)16(20-19)17(22)21-8-6-13(2)12-21/h13-16,20,23H,4-12H2,1-3H3/t13?,14?,15?,16-,18?/m0/s1. The summed E-state index contributed by atoms with van der Waals surface area (Å²) in [7, 11) is 0. The van der Waals surface area contributed by atoms with Crippen LogP contribution in [0.2, 0.25) is 0 Å². The summed E-state index contributed by atoms with van der Waals surface area (Å²) in [6.07, 6.45) is 6.49. The smallest absolute Gasteiger partial charge is 0.241 e. The quantitative estimate of drug-likeness (QED) is 0.727. The average molecular weight is 345 g/mol. The van der Waals surface area contributed by atoms with E-state index in [9.17, 15) is 9.90 Å². The molecule has 0 bridgehead atoms. The van der Waals surface area contributed by atoms with Crippen LogP contribution in [0.15, 0.2) is 0 Å². The number of hydrogen-bond donors (Lipinski definition) is 2. The van der Waals surface area contributed by atoms with Gasteiger partial charge in [-0.15, -0.1) is 0 Å². The number of nitrogens with zero attached hydrogens (tertiary/aromatic N) is 1. The first-order valence-corrected chi connectivity index (χ1v) is 9.63. The fourth-order valence-corrected chi connectivity index (χ4v) is 4.81. The van der Waals surface area contributed by atoms with Gasteiger partial charge in [0.05, 0.1) is 5.60 Å². The van der Waals surface area contributed by atoms with E-state index in [1.54, 1.807) is 0 Å². The summed E-state index contributed by atoms with van der Waals surface area (Å²) >= 11 is 5.98.